The molecule has 0 aliphatic heterocycles. The van der Waals surface area contributed by atoms with Gasteiger partial charge < -0.3 is 14.8 Å². The number of nitrogens with one attached hydrogen (secondary N) is 2. The largest absolute Gasteiger partial charge is 0.496 e. The number of aromatic amines is 1. The fraction of sp³-hybridized carbons (Fsp3) is 0.211. The smallest absolute Gasteiger partial charge is 0.321 e. The van der Waals surface area contributed by atoms with E-state index >= 15 is 0 Å². The van der Waals surface area contributed by atoms with Gasteiger partial charge in [0.05, 0.1) is 7.11 Å². The second kappa shape index (κ2) is 7.59. The number of halogens is 1. The third-order valence-electron chi connectivity index (χ3n) is 4.18. The summed E-state index contributed by atoms with van der Waals surface area (Å²) in [6.07, 6.45) is 2.24. The van der Waals surface area contributed by atoms with Crippen LogP contribution in [0, 0.1) is 0 Å². The molecule has 0 radical (unpaired) electrons. The summed E-state index contributed by atoms with van der Waals surface area (Å²) in [5.41, 5.74) is 2.78. The van der Waals surface area contributed by atoms with Crippen molar-refractivity contribution in [1.82, 2.24) is 10.3 Å². The van der Waals surface area contributed by atoms with Gasteiger partial charge in [0.15, 0.2) is 0 Å². The van der Waals surface area contributed by atoms with Crippen LogP contribution in [0.1, 0.15) is 11.1 Å². The van der Waals surface area contributed by atoms with Crippen LogP contribution in [-0.2, 0) is 17.8 Å². The topological polar surface area (TPSA) is 74.3 Å². The van der Waals surface area contributed by atoms with Gasteiger partial charge in [0.25, 0.3) is 0 Å². The zero-order valence-corrected chi connectivity index (χ0v) is 14.5. The number of hydrogen-bond acceptors (Lipinski definition) is 3. The van der Waals surface area contributed by atoms with Gasteiger partial charge in [-0.3, -0.25) is 10.1 Å². The van der Waals surface area contributed by atoms with Crippen molar-refractivity contribution in [2.24, 2.45) is 0 Å². The summed E-state index contributed by atoms with van der Waals surface area (Å²) in [5.74, 6) is -0.223. The standard InChI is InChI=1S/C19H19ClN2O3/c1-25-18-7-6-14(20)8-13(18)11-22-17(19(23)24)9-12-10-21-16-5-3-2-4-15(12)16/h2-8,10,17,21-22H,9,11H2,1H3,(H,23,24)/t17-/m1/s1. The van der Waals surface area contributed by atoms with Gasteiger partial charge in [-0.2, -0.15) is 0 Å². The molecule has 1 heterocycles. The van der Waals surface area contributed by atoms with E-state index in [9.17, 15) is 9.90 Å². The summed E-state index contributed by atoms with van der Waals surface area (Å²) in [6.45, 7) is 0.350. The molecule has 1 aromatic heterocycles. The highest BCUT2D eigenvalue weighted by atomic mass is 35.5. The van der Waals surface area contributed by atoms with Crippen molar-refractivity contribution in [3.05, 3.63) is 64.8 Å². The summed E-state index contributed by atoms with van der Waals surface area (Å²) >= 11 is 6.03. The van der Waals surface area contributed by atoms with Crippen LogP contribution in [-0.4, -0.2) is 29.2 Å². The molecule has 25 heavy (non-hydrogen) atoms. The zero-order valence-electron chi connectivity index (χ0n) is 13.8. The second-order valence-electron chi connectivity index (χ2n) is 5.79. The number of ether oxygens (including phenoxy) is 1. The molecule has 0 aliphatic carbocycles. The third-order valence-corrected chi connectivity index (χ3v) is 4.41. The van der Waals surface area contributed by atoms with E-state index in [0.717, 1.165) is 22.0 Å². The number of para-hydroxylation sites is 1. The van der Waals surface area contributed by atoms with Gasteiger partial charge in [0.2, 0.25) is 0 Å². The molecule has 6 heteroatoms. The van der Waals surface area contributed by atoms with Crippen LogP contribution in [0.15, 0.2) is 48.7 Å². The second-order valence-corrected chi connectivity index (χ2v) is 6.23. The highest BCUT2D eigenvalue weighted by molar-refractivity contribution is 6.30. The molecule has 130 valence electrons. The monoisotopic (exact) mass is 358 g/mol. The van der Waals surface area contributed by atoms with E-state index in [4.69, 9.17) is 16.3 Å². The van der Waals surface area contributed by atoms with E-state index < -0.39 is 12.0 Å². The predicted molar refractivity (Wildman–Crippen MR) is 98.3 cm³/mol. The van der Waals surface area contributed by atoms with Crippen molar-refractivity contribution in [1.29, 1.82) is 0 Å². The number of H-pyrrole nitrogens is 1. The molecule has 0 aliphatic rings. The first-order chi connectivity index (χ1) is 12.1. The Morgan fingerprint density at radius 2 is 2.08 bits per heavy atom. The van der Waals surface area contributed by atoms with Crippen molar-refractivity contribution in [2.45, 2.75) is 19.0 Å². The number of benzene rings is 2. The van der Waals surface area contributed by atoms with E-state index in [1.807, 2.05) is 30.5 Å². The molecule has 3 N–H and O–H groups in total. The minimum atomic E-state index is -0.897. The molecular formula is C19H19ClN2O3. The van der Waals surface area contributed by atoms with E-state index in [1.54, 1.807) is 25.3 Å². The SMILES string of the molecule is COc1ccc(Cl)cc1CN[C@H](Cc1c[nH]c2ccccc12)C(=O)O. The maximum absolute atomic E-state index is 11.7. The summed E-state index contributed by atoms with van der Waals surface area (Å²) < 4.78 is 5.31. The van der Waals surface area contributed by atoms with Crippen molar-refractivity contribution in [3.8, 4) is 5.75 Å². The Bertz CT molecular complexity index is 891. The summed E-state index contributed by atoms with van der Waals surface area (Å²) in [4.78, 5) is 14.8. The van der Waals surface area contributed by atoms with Crippen molar-refractivity contribution in [3.63, 3.8) is 0 Å². The zero-order chi connectivity index (χ0) is 17.8. The fourth-order valence-electron chi connectivity index (χ4n) is 2.89. The molecule has 0 saturated carbocycles. The first kappa shape index (κ1) is 17.3. The Morgan fingerprint density at radius 3 is 2.84 bits per heavy atom. The maximum Gasteiger partial charge on any atom is 0.321 e. The Hall–Kier alpha value is -2.50. The number of carboxylic acid groups (broad SMARTS) is 1. The van der Waals surface area contributed by atoms with Gasteiger partial charge in [-0.1, -0.05) is 29.8 Å². The van der Waals surface area contributed by atoms with Crippen LogP contribution in [0.4, 0.5) is 0 Å². The number of aliphatic carboxylic acids is 1. The molecule has 0 fully saturated rings. The number of carbonyl (C=O) groups is 1. The molecule has 0 amide bonds. The lowest BCUT2D eigenvalue weighted by Gasteiger charge is -2.16. The highest BCUT2D eigenvalue weighted by Crippen LogP contribution is 2.23. The minimum absolute atomic E-state index is 0.350. The van der Waals surface area contributed by atoms with Crippen LogP contribution < -0.4 is 10.1 Å². The van der Waals surface area contributed by atoms with Crippen LogP contribution >= 0.6 is 11.6 Å². The average molecular weight is 359 g/mol. The molecule has 0 saturated heterocycles. The number of fused-ring (bicyclic) bond motifs is 1. The maximum atomic E-state index is 11.7. The Kier molecular flexibility index (Phi) is 5.26. The molecule has 1 atom stereocenters. The normalized spacial score (nSPS) is 12.2. The molecule has 0 unspecified atom stereocenters. The average Bonchev–Trinajstić information content (AvgIpc) is 3.01. The first-order valence-corrected chi connectivity index (χ1v) is 8.30. The van der Waals surface area contributed by atoms with Gasteiger partial charge in [-0.15, -0.1) is 0 Å². The third kappa shape index (κ3) is 3.95. The quantitative estimate of drug-likeness (QED) is 0.603. The van der Waals surface area contributed by atoms with Gasteiger partial charge >= 0.3 is 5.97 Å². The lowest BCUT2D eigenvalue weighted by atomic mass is 10.0. The van der Waals surface area contributed by atoms with Gasteiger partial charge in [-0.05, 0) is 29.8 Å². The predicted octanol–water partition coefficient (Wildman–Crippen LogP) is 3.62. The van der Waals surface area contributed by atoms with E-state index in [2.05, 4.69) is 10.3 Å². The number of rotatable bonds is 7. The van der Waals surface area contributed by atoms with Gasteiger partial charge in [-0.25, -0.2) is 0 Å². The molecule has 3 aromatic rings. The van der Waals surface area contributed by atoms with Gasteiger partial charge in [0, 0.05) is 40.7 Å². The Labute approximate surface area is 150 Å². The summed E-state index contributed by atoms with van der Waals surface area (Å²) in [6, 6.07) is 12.4. The van der Waals surface area contributed by atoms with Crippen molar-refractivity contribution >= 4 is 28.5 Å². The fourth-order valence-corrected chi connectivity index (χ4v) is 3.08. The molecule has 2 aromatic carbocycles. The lowest BCUT2D eigenvalue weighted by Crippen LogP contribution is -2.38. The van der Waals surface area contributed by atoms with E-state index in [1.165, 1.54) is 0 Å². The molecule has 3 rings (SSSR count). The van der Waals surface area contributed by atoms with Crippen molar-refractivity contribution < 1.29 is 14.6 Å². The highest BCUT2D eigenvalue weighted by Gasteiger charge is 2.20. The number of aromatic nitrogens is 1. The number of hydrogen-bond donors (Lipinski definition) is 3. The molecule has 0 bridgehead atoms. The van der Waals surface area contributed by atoms with Crippen LogP contribution in [0.2, 0.25) is 5.02 Å². The summed E-state index contributed by atoms with van der Waals surface area (Å²) in [7, 11) is 1.58. The Morgan fingerprint density at radius 1 is 1.28 bits per heavy atom. The number of carboxylic acids is 1. The first-order valence-electron chi connectivity index (χ1n) is 7.92. The lowest BCUT2D eigenvalue weighted by molar-refractivity contribution is -0.139. The minimum Gasteiger partial charge on any atom is -0.496 e. The van der Waals surface area contributed by atoms with E-state index in [-0.39, 0.29) is 0 Å². The molecule has 5 nitrogen and oxygen atoms in total. The molecular weight excluding hydrogens is 340 g/mol. The molecule has 0 spiro atoms. The van der Waals surface area contributed by atoms with E-state index in [0.29, 0.717) is 23.7 Å². The van der Waals surface area contributed by atoms with Crippen LogP contribution in [0.5, 0.6) is 5.75 Å². The van der Waals surface area contributed by atoms with Crippen LogP contribution in [0.3, 0.4) is 0 Å². The van der Waals surface area contributed by atoms with Gasteiger partial charge in [0.1, 0.15) is 11.8 Å². The van der Waals surface area contributed by atoms with Crippen LogP contribution in [0.25, 0.3) is 10.9 Å². The van der Waals surface area contributed by atoms with Crippen molar-refractivity contribution in [2.75, 3.05) is 7.11 Å². The Balaban J connectivity index is 1.76. The summed E-state index contributed by atoms with van der Waals surface area (Å²) in [5, 5.41) is 14.3. The number of methoxy groups -OCH3 is 1.